The minimum absolute atomic E-state index is 0.397. The monoisotopic (exact) mass is 195 g/mol. The molecule has 0 spiro atoms. The molecule has 14 heavy (non-hydrogen) atoms. The summed E-state index contributed by atoms with van der Waals surface area (Å²) < 4.78 is 0. The molecule has 0 atom stereocenters. The van der Waals surface area contributed by atoms with E-state index in [-0.39, 0.29) is 0 Å². The summed E-state index contributed by atoms with van der Waals surface area (Å²) in [7, 11) is 2.15. The Morgan fingerprint density at radius 3 is 2.07 bits per heavy atom. The van der Waals surface area contributed by atoms with Crippen molar-refractivity contribution < 1.29 is 4.79 Å². The molecule has 1 heterocycles. The third-order valence-electron chi connectivity index (χ3n) is 3.88. The van der Waals surface area contributed by atoms with Crippen molar-refractivity contribution in [3.05, 3.63) is 0 Å². The molecule has 1 saturated carbocycles. The standard InChI is InChI=1S/C12H21NO/c1-13-8-6-11(7-9-13)12(14)10-4-2-3-5-10/h10-11H,2-9H2,1H3. The lowest BCUT2D eigenvalue weighted by atomic mass is 9.85. The summed E-state index contributed by atoms with van der Waals surface area (Å²) in [4.78, 5) is 14.4. The zero-order chi connectivity index (χ0) is 9.97. The molecular weight excluding hydrogens is 174 g/mol. The van der Waals surface area contributed by atoms with E-state index >= 15 is 0 Å². The first-order valence-electron chi connectivity index (χ1n) is 5.99. The molecular formula is C12H21NO. The van der Waals surface area contributed by atoms with Crippen molar-refractivity contribution in [1.29, 1.82) is 0 Å². The first-order chi connectivity index (χ1) is 6.77. The Kier molecular flexibility index (Phi) is 3.22. The second kappa shape index (κ2) is 4.43. The molecule has 0 aromatic carbocycles. The van der Waals surface area contributed by atoms with Gasteiger partial charge in [-0.05, 0) is 45.8 Å². The molecule has 1 aliphatic heterocycles. The summed E-state index contributed by atoms with van der Waals surface area (Å²) in [6, 6.07) is 0. The lowest BCUT2D eigenvalue weighted by Gasteiger charge is -2.29. The maximum absolute atomic E-state index is 12.1. The number of likely N-dealkylation sites (tertiary alicyclic amines) is 1. The van der Waals surface area contributed by atoms with Crippen LogP contribution in [0.25, 0.3) is 0 Å². The van der Waals surface area contributed by atoms with Crippen molar-refractivity contribution in [3.63, 3.8) is 0 Å². The van der Waals surface area contributed by atoms with Crippen molar-refractivity contribution in [2.45, 2.75) is 38.5 Å². The van der Waals surface area contributed by atoms with Gasteiger partial charge in [0.1, 0.15) is 5.78 Å². The molecule has 0 N–H and O–H groups in total. The largest absolute Gasteiger partial charge is 0.306 e. The number of carbonyl (C=O) groups is 1. The zero-order valence-corrected chi connectivity index (χ0v) is 9.17. The minimum atomic E-state index is 0.397. The fraction of sp³-hybridized carbons (Fsp3) is 0.917. The van der Waals surface area contributed by atoms with Gasteiger partial charge in [-0.15, -0.1) is 0 Å². The highest BCUT2D eigenvalue weighted by atomic mass is 16.1. The zero-order valence-electron chi connectivity index (χ0n) is 9.17. The Morgan fingerprint density at radius 1 is 1.00 bits per heavy atom. The molecule has 2 rings (SSSR count). The van der Waals surface area contributed by atoms with Crippen LogP contribution in [0.1, 0.15) is 38.5 Å². The molecule has 0 bridgehead atoms. The van der Waals surface area contributed by atoms with Crippen LogP contribution in [0.5, 0.6) is 0 Å². The van der Waals surface area contributed by atoms with Crippen molar-refractivity contribution in [2.75, 3.05) is 20.1 Å². The molecule has 0 aromatic rings. The molecule has 2 heteroatoms. The first-order valence-corrected chi connectivity index (χ1v) is 5.99. The number of rotatable bonds is 2. The van der Waals surface area contributed by atoms with Crippen molar-refractivity contribution in [2.24, 2.45) is 11.8 Å². The van der Waals surface area contributed by atoms with Gasteiger partial charge in [0.2, 0.25) is 0 Å². The van der Waals surface area contributed by atoms with E-state index in [0.29, 0.717) is 17.6 Å². The van der Waals surface area contributed by atoms with Gasteiger partial charge in [-0.1, -0.05) is 12.8 Å². The van der Waals surface area contributed by atoms with Crippen molar-refractivity contribution in [1.82, 2.24) is 4.90 Å². The predicted octanol–water partition coefficient (Wildman–Crippen LogP) is 2.09. The Bertz CT molecular complexity index is 200. The quantitative estimate of drug-likeness (QED) is 0.672. The second-order valence-corrected chi connectivity index (χ2v) is 4.96. The Labute approximate surface area is 86.7 Å². The Morgan fingerprint density at radius 2 is 1.50 bits per heavy atom. The highest BCUT2D eigenvalue weighted by Crippen LogP contribution is 2.30. The Balaban J connectivity index is 1.85. The van der Waals surface area contributed by atoms with Crippen LogP contribution < -0.4 is 0 Å². The van der Waals surface area contributed by atoms with Gasteiger partial charge in [0.25, 0.3) is 0 Å². The van der Waals surface area contributed by atoms with Crippen LogP contribution in [0.3, 0.4) is 0 Å². The van der Waals surface area contributed by atoms with E-state index in [1.807, 2.05) is 0 Å². The van der Waals surface area contributed by atoms with Crippen LogP contribution >= 0.6 is 0 Å². The summed E-state index contributed by atoms with van der Waals surface area (Å²) in [5.41, 5.74) is 0. The summed E-state index contributed by atoms with van der Waals surface area (Å²) in [6.07, 6.45) is 7.11. The molecule has 1 saturated heterocycles. The highest BCUT2D eigenvalue weighted by Gasteiger charge is 2.30. The SMILES string of the molecule is CN1CCC(C(=O)C2CCCC2)CC1. The van der Waals surface area contributed by atoms with Crippen molar-refractivity contribution in [3.8, 4) is 0 Å². The average Bonchev–Trinajstić information content (AvgIpc) is 2.71. The molecule has 2 aliphatic rings. The third kappa shape index (κ3) is 2.17. The highest BCUT2D eigenvalue weighted by molar-refractivity contribution is 5.83. The van der Waals surface area contributed by atoms with Gasteiger partial charge in [-0.2, -0.15) is 0 Å². The van der Waals surface area contributed by atoms with Crippen LogP contribution in [0, 0.1) is 11.8 Å². The molecule has 0 amide bonds. The third-order valence-corrected chi connectivity index (χ3v) is 3.88. The molecule has 2 nitrogen and oxygen atoms in total. The topological polar surface area (TPSA) is 20.3 Å². The summed E-state index contributed by atoms with van der Waals surface area (Å²) in [5.74, 6) is 1.42. The fourth-order valence-electron chi connectivity index (χ4n) is 2.84. The van der Waals surface area contributed by atoms with E-state index in [4.69, 9.17) is 0 Å². The second-order valence-electron chi connectivity index (χ2n) is 4.96. The molecule has 80 valence electrons. The van der Waals surface area contributed by atoms with Crippen LogP contribution in [-0.2, 0) is 4.79 Å². The normalized spacial score (nSPS) is 26.9. The van der Waals surface area contributed by atoms with E-state index in [0.717, 1.165) is 25.9 Å². The van der Waals surface area contributed by atoms with Crippen LogP contribution in [0.15, 0.2) is 0 Å². The first kappa shape index (κ1) is 10.2. The van der Waals surface area contributed by atoms with Crippen LogP contribution in [-0.4, -0.2) is 30.8 Å². The van der Waals surface area contributed by atoms with Gasteiger partial charge in [0.05, 0.1) is 0 Å². The number of Topliss-reactive ketones (excluding diaryl/α,β-unsaturated/α-hetero) is 1. The van der Waals surface area contributed by atoms with E-state index in [2.05, 4.69) is 11.9 Å². The predicted molar refractivity (Wildman–Crippen MR) is 57.2 cm³/mol. The maximum Gasteiger partial charge on any atom is 0.139 e. The van der Waals surface area contributed by atoms with Crippen LogP contribution in [0.2, 0.25) is 0 Å². The maximum atomic E-state index is 12.1. The number of hydrogen-bond acceptors (Lipinski definition) is 2. The fourth-order valence-corrected chi connectivity index (χ4v) is 2.84. The van der Waals surface area contributed by atoms with Gasteiger partial charge < -0.3 is 4.90 Å². The molecule has 0 aromatic heterocycles. The minimum Gasteiger partial charge on any atom is -0.306 e. The lowest BCUT2D eigenvalue weighted by molar-refractivity contribution is -0.128. The number of nitrogens with zero attached hydrogens (tertiary/aromatic N) is 1. The van der Waals surface area contributed by atoms with Gasteiger partial charge in [0.15, 0.2) is 0 Å². The summed E-state index contributed by atoms with van der Waals surface area (Å²) in [5, 5.41) is 0. The molecule has 1 aliphatic carbocycles. The van der Waals surface area contributed by atoms with E-state index in [1.54, 1.807) is 0 Å². The van der Waals surface area contributed by atoms with Gasteiger partial charge in [0, 0.05) is 11.8 Å². The van der Waals surface area contributed by atoms with Crippen molar-refractivity contribution >= 4 is 5.78 Å². The van der Waals surface area contributed by atoms with E-state index in [9.17, 15) is 4.79 Å². The lowest BCUT2D eigenvalue weighted by Crippen LogP contribution is -2.35. The average molecular weight is 195 g/mol. The van der Waals surface area contributed by atoms with E-state index in [1.165, 1.54) is 25.7 Å². The molecule has 0 radical (unpaired) electrons. The molecule has 0 unspecified atom stereocenters. The van der Waals surface area contributed by atoms with Gasteiger partial charge in [-0.25, -0.2) is 0 Å². The van der Waals surface area contributed by atoms with Gasteiger partial charge in [-0.3, -0.25) is 4.79 Å². The number of carbonyl (C=O) groups excluding carboxylic acids is 1. The number of ketones is 1. The Hall–Kier alpha value is -0.370. The molecule has 2 fully saturated rings. The van der Waals surface area contributed by atoms with Crippen LogP contribution in [0.4, 0.5) is 0 Å². The van der Waals surface area contributed by atoms with E-state index < -0.39 is 0 Å². The van der Waals surface area contributed by atoms with Gasteiger partial charge >= 0.3 is 0 Å². The smallest absolute Gasteiger partial charge is 0.139 e. The summed E-state index contributed by atoms with van der Waals surface area (Å²) in [6.45, 7) is 2.23. The number of hydrogen-bond donors (Lipinski definition) is 0. The summed E-state index contributed by atoms with van der Waals surface area (Å²) >= 11 is 0. The number of piperidine rings is 1.